The summed E-state index contributed by atoms with van der Waals surface area (Å²) >= 11 is 2.84. The maximum atomic E-state index is 12.1. The molecule has 3 N–H and O–H groups in total. The molecule has 0 aliphatic heterocycles. The number of unbranched alkanes of at least 4 members (excludes halogenated alkanes) is 1. The van der Waals surface area contributed by atoms with Crippen LogP contribution in [0.2, 0.25) is 0 Å². The van der Waals surface area contributed by atoms with Gasteiger partial charge in [-0.25, -0.2) is 10.1 Å². The maximum absolute atomic E-state index is 12.1. The first-order valence-corrected chi connectivity index (χ1v) is 8.65. The summed E-state index contributed by atoms with van der Waals surface area (Å²) in [6.45, 7) is 2.13. The molecule has 3 aromatic heterocycles. The summed E-state index contributed by atoms with van der Waals surface area (Å²) in [6.07, 6.45) is 3.04. The first kappa shape index (κ1) is 15.0. The van der Waals surface area contributed by atoms with E-state index in [4.69, 9.17) is 5.73 Å². The van der Waals surface area contributed by atoms with Crippen molar-refractivity contribution in [2.24, 2.45) is 0 Å². The Morgan fingerprint density at radius 3 is 3.05 bits per heavy atom. The van der Waals surface area contributed by atoms with Crippen LogP contribution in [0.25, 0.3) is 4.96 Å². The van der Waals surface area contributed by atoms with Gasteiger partial charge in [0.2, 0.25) is 16.1 Å². The highest BCUT2D eigenvalue weighted by molar-refractivity contribution is 7.98. The predicted molar refractivity (Wildman–Crippen MR) is 86.1 cm³/mol. The Kier molecular flexibility index (Phi) is 4.39. The minimum atomic E-state index is -0.158. The Bertz CT molecular complexity index is 837. The highest BCUT2D eigenvalue weighted by atomic mass is 32.2. The van der Waals surface area contributed by atoms with Crippen LogP contribution in [0, 0.1) is 0 Å². The predicted octanol–water partition coefficient (Wildman–Crippen LogP) is 1.49. The van der Waals surface area contributed by atoms with E-state index in [2.05, 4.69) is 32.2 Å². The fourth-order valence-electron chi connectivity index (χ4n) is 1.86. The van der Waals surface area contributed by atoms with E-state index in [9.17, 15) is 4.79 Å². The second-order valence-corrected chi connectivity index (χ2v) is 6.65. The smallest absolute Gasteiger partial charge is 0.275 e. The van der Waals surface area contributed by atoms with E-state index in [0.29, 0.717) is 21.6 Å². The molecule has 8 nitrogen and oxygen atoms in total. The van der Waals surface area contributed by atoms with Crippen molar-refractivity contribution in [1.82, 2.24) is 29.8 Å². The van der Waals surface area contributed by atoms with Gasteiger partial charge in [0, 0.05) is 18.2 Å². The van der Waals surface area contributed by atoms with Crippen LogP contribution in [-0.2, 0) is 12.2 Å². The van der Waals surface area contributed by atoms with Crippen LogP contribution in [0.1, 0.15) is 30.5 Å². The van der Waals surface area contributed by atoms with E-state index < -0.39 is 0 Å². The molecule has 0 aromatic carbocycles. The van der Waals surface area contributed by atoms with Crippen LogP contribution >= 0.6 is 23.1 Å². The van der Waals surface area contributed by atoms with Gasteiger partial charge in [0.05, 0.1) is 5.69 Å². The number of anilines is 1. The van der Waals surface area contributed by atoms with Crippen molar-refractivity contribution in [1.29, 1.82) is 0 Å². The first-order valence-electron chi connectivity index (χ1n) is 6.85. The van der Waals surface area contributed by atoms with Gasteiger partial charge in [-0.1, -0.05) is 36.4 Å². The number of hydrogen-bond donors (Lipinski definition) is 2. The molecule has 10 heteroatoms. The molecule has 0 saturated heterocycles. The zero-order chi connectivity index (χ0) is 15.5. The molecule has 0 spiro atoms. The van der Waals surface area contributed by atoms with Crippen LogP contribution in [0.4, 0.5) is 5.95 Å². The van der Waals surface area contributed by atoms with E-state index >= 15 is 0 Å². The van der Waals surface area contributed by atoms with E-state index in [0.717, 1.165) is 24.3 Å². The number of nitrogens with zero attached hydrogens (tertiary/aromatic N) is 5. The highest BCUT2D eigenvalue weighted by Crippen LogP contribution is 2.19. The van der Waals surface area contributed by atoms with E-state index in [1.807, 2.05) is 0 Å². The van der Waals surface area contributed by atoms with Gasteiger partial charge >= 0.3 is 0 Å². The molecule has 3 heterocycles. The molecule has 116 valence electrons. The van der Waals surface area contributed by atoms with Gasteiger partial charge in [-0.3, -0.25) is 4.79 Å². The summed E-state index contributed by atoms with van der Waals surface area (Å²) in [7, 11) is 0. The molecule has 0 amide bonds. The van der Waals surface area contributed by atoms with Crippen molar-refractivity contribution in [3.8, 4) is 0 Å². The minimum absolute atomic E-state index is 0.158. The van der Waals surface area contributed by atoms with Crippen LogP contribution in [0.15, 0.2) is 16.0 Å². The number of aromatic amines is 1. The van der Waals surface area contributed by atoms with Crippen LogP contribution < -0.4 is 11.3 Å². The molecule has 0 aliphatic carbocycles. The Labute approximate surface area is 134 Å². The Morgan fingerprint density at radius 1 is 1.45 bits per heavy atom. The van der Waals surface area contributed by atoms with Crippen LogP contribution in [0.3, 0.4) is 0 Å². The van der Waals surface area contributed by atoms with Crippen molar-refractivity contribution in [3.05, 3.63) is 27.1 Å². The van der Waals surface area contributed by atoms with Crippen LogP contribution in [-0.4, -0.2) is 29.8 Å². The minimum Gasteiger partial charge on any atom is -0.368 e. The lowest BCUT2D eigenvalue weighted by Gasteiger charge is -1.97. The van der Waals surface area contributed by atoms with Crippen molar-refractivity contribution < 1.29 is 0 Å². The Hall–Kier alpha value is -1.94. The zero-order valence-corrected chi connectivity index (χ0v) is 13.6. The normalized spacial score (nSPS) is 11.3. The second kappa shape index (κ2) is 6.44. The molecule has 0 bridgehead atoms. The molecule has 0 aliphatic rings. The molecule has 0 atom stereocenters. The number of nitrogens with one attached hydrogen (secondary N) is 1. The average Bonchev–Trinajstić information content (AvgIpc) is 3.09. The number of nitrogen functional groups attached to an aromatic ring is 1. The number of H-pyrrole nitrogens is 1. The summed E-state index contributed by atoms with van der Waals surface area (Å²) in [5, 5.41) is 12.3. The van der Waals surface area contributed by atoms with Crippen molar-refractivity contribution in [2.45, 2.75) is 37.1 Å². The fourth-order valence-corrected chi connectivity index (χ4v) is 3.52. The number of aryl methyl sites for hydroxylation is 1. The number of hydrogen-bond acceptors (Lipinski definition) is 8. The van der Waals surface area contributed by atoms with Gasteiger partial charge < -0.3 is 5.73 Å². The molecule has 0 radical (unpaired) electrons. The van der Waals surface area contributed by atoms with Gasteiger partial charge in [0.15, 0.2) is 0 Å². The lowest BCUT2D eigenvalue weighted by Crippen LogP contribution is -2.15. The second-order valence-electron chi connectivity index (χ2n) is 4.67. The summed E-state index contributed by atoms with van der Waals surface area (Å²) < 4.78 is 1.37. The summed E-state index contributed by atoms with van der Waals surface area (Å²) in [4.78, 5) is 21.2. The molecule has 22 heavy (non-hydrogen) atoms. The quantitative estimate of drug-likeness (QED) is 0.655. The van der Waals surface area contributed by atoms with E-state index in [1.54, 1.807) is 0 Å². The van der Waals surface area contributed by atoms with Crippen molar-refractivity contribution >= 4 is 34.0 Å². The largest absolute Gasteiger partial charge is 0.368 e. The monoisotopic (exact) mass is 337 g/mol. The van der Waals surface area contributed by atoms with Crippen molar-refractivity contribution in [3.63, 3.8) is 0 Å². The third-order valence-corrected chi connectivity index (χ3v) is 4.76. The number of thioether (sulfide) groups is 1. The molecule has 0 unspecified atom stereocenters. The molecular formula is C12H15N7OS2. The van der Waals surface area contributed by atoms with Gasteiger partial charge in [-0.2, -0.15) is 14.6 Å². The van der Waals surface area contributed by atoms with Gasteiger partial charge in [-0.15, -0.1) is 5.10 Å². The van der Waals surface area contributed by atoms with Crippen molar-refractivity contribution in [2.75, 3.05) is 5.73 Å². The highest BCUT2D eigenvalue weighted by Gasteiger charge is 2.10. The third kappa shape index (κ3) is 3.28. The van der Waals surface area contributed by atoms with Gasteiger partial charge in [0.1, 0.15) is 5.01 Å². The van der Waals surface area contributed by atoms with Gasteiger partial charge in [-0.05, 0) is 6.42 Å². The van der Waals surface area contributed by atoms with Gasteiger partial charge in [0.25, 0.3) is 5.56 Å². The summed E-state index contributed by atoms with van der Waals surface area (Å²) in [5.74, 6) is 0.777. The summed E-state index contributed by atoms with van der Waals surface area (Å²) in [6, 6.07) is 1.50. The maximum Gasteiger partial charge on any atom is 0.275 e. The standard InChI is InChI=1S/C12H15N7OS2/c1-2-3-4-8-18-19-9(20)5-7(14-12(19)22-8)6-21-11-15-10(13)16-17-11/h5H,2-4,6H2,1H3,(H3,13,15,16,17). The number of fused-ring (bicyclic) bond motifs is 1. The first-order chi connectivity index (χ1) is 10.7. The fraction of sp³-hybridized carbons (Fsp3) is 0.417. The molecule has 3 aromatic rings. The number of aromatic nitrogens is 6. The lowest BCUT2D eigenvalue weighted by atomic mass is 10.3. The molecule has 0 saturated carbocycles. The number of nitrogens with two attached hydrogens (primary N) is 1. The number of rotatable bonds is 6. The zero-order valence-electron chi connectivity index (χ0n) is 11.9. The lowest BCUT2D eigenvalue weighted by molar-refractivity contribution is 0.761. The third-order valence-electron chi connectivity index (χ3n) is 2.92. The Morgan fingerprint density at radius 2 is 2.32 bits per heavy atom. The Balaban J connectivity index is 1.80. The molecular weight excluding hydrogens is 322 g/mol. The SMILES string of the molecule is CCCCc1nn2c(=O)cc(CSc3n[nH]c(N)n3)nc2s1. The van der Waals surface area contributed by atoms with Crippen LogP contribution in [0.5, 0.6) is 0 Å². The van der Waals surface area contributed by atoms with E-state index in [1.165, 1.54) is 33.7 Å². The molecule has 3 rings (SSSR count). The van der Waals surface area contributed by atoms with E-state index in [-0.39, 0.29) is 11.5 Å². The molecule has 0 fully saturated rings. The average molecular weight is 337 g/mol. The summed E-state index contributed by atoms with van der Waals surface area (Å²) in [5.41, 5.74) is 6.00. The topological polar surface area (TPSA) is 115 Å².